The molecule has 4 bridgehead atoms. The number of aliphatic hydroxyl groups excluding tert-OH is 1. The number of para-hydroxylation sites is 1. The minimum Gasteiger partial charge on any atom is -0.494 e. The van der Waals surface area contributed by atoms with Gasteiger partial charge >= 0.3 is 6.18 Å². The summed E-state index contributed by atoms with van der Waals surface area (Å²) in [6.07, 6.45) is -0.354. The summed E-state index contributed by atoms with van der Waals surface area (Å²) in [5.41, 5.74) is -0.243. The standard InChI is InChI=1S/C32H35F3N6O4/c1-16-5-4-6-21(28(43)36-2)25(16)40-27-22(32(33,34)35)15-37-30(41-27)39-23-8-7-20(12-24(23)45-3)38-29(44)31-13-17-9-18(14-31)11-19(10-17)26(31)42/h4-8,12,15,17-19,26,42H,9-11,13-14H2,1-3H3,(H,36,43)(H,38,44)(H2,37,39,40,41). The SMILES string of the molecule is CNC(=O)c1cccc(C)c1Nc1nc(Nc2ccc(NC(=O)C34CC5CC(CC(C5)C3O)C4)cc2OC)ncc1C(F)(F)F. The van der Waals surface area contributed by atoms with E-state index in [1.807, 2.05) is 0 Å². The van der Waals surface area contributed by atoms with Crippen LogP contribution in [-0.2, 0) is 11.0 Å². The minimum absolute atomic E-state index is 0.152. The summed E-state index contributed by atoms with van der Waals surface area (Å²) in [7, 11) is 2.85. The number of halogens is 3. The van der Waals surface area contributed by atoms with E-state index in [0.717, 1.165) is 19.3 Å². The molecule has 3 aromatic rings. The summed E-state index contributed by atoms with van der Waals surface area (Å²) in [6, 6.07) is 9.63. The van der Waals surface area contributed by atoms with Crippen molar-refractivity contribution in [2.45, 2.75) is 51.3 Å². The molecule has 5 N–H and O–H groups in total. The number of benzene rings is 2. The summed E-state index contributed by atoms with van der Waals surface area (Å²) in [5.74, 6) is -0.0132. The molecule has 2 amide bonds. The fraction of sp³-hybridized carbons (Fsp3) is 0.438. The van der Waals surface area contributed by atoms with E-state index in [1.165, 1.54) is 20.2 Å². The zero-order valence-electron chi connectivity index (χ0n) is 25.1. The molecule has 13 heteroatoms. The molecule has 4 aliphatic rings. The summed E-state index contributed by atoms with van der Waals surface area (Å²) in [6.45, 7) is 1.66. The van der Waals surface area contributed by atoms with Crippen molar-refractivity contribution in [3.05, 3.63) is 59.3 Å². The number of hydrogen-bond acceptors (Lipinski definition) is 8. The zero-order chi connectivity index (χ0) is 32.1. The van der Waals surface area contributed by atoms with Gasteiger partial charge in [-0.05, 0) is 80.5 Å². The summed E-state index contributed by atoms with van der Waals surface area (Å²) >= 11 is 0. The Kier molecular flexibility index (Phi) is 7.84. The highest BCUT2D eigenvalue weighted by atomic mass is 19.4. The Hall–Kier alpha value is -4.39. The van der Waals surface area contributed by atoms with E-state index in [-0.39, 0.29) is 34.8 Å². The molecular formula is C32H35F3N6O4. The van der Waals surface area contributed by atoms with Gasteiger partial charge < -0.3 is 31.1 Å². The Balaban J connectivity index is 1.25. The lowest BCUT2D eigenvalue weighted by Gasteiger charge is -2.58. The fourth-order valence-electron chi connectivity index (χ4n) is 7.60. The number of carbonyl (C=O) groups excluding carboxylic acids is 2. The van der Waals surface area contributed by atoms with Crippen molar-refractivity contribution in [1.29, 1.82) is 0 Å². The summed E-state index contributed by atoms with van der Waals surface area (Å²) in [4.78, 5) is 34.0. The van der Waals surface area contributed by atoms with Crippen LogP contribution in [0.15, 0.2) is 42.6 Å². The molecule has 7 rings (SSSR count). The number of amides is 2. The van der Waals surface area contributed by atoms with Gasteiger partial charge in [0, 0.05) is 25.0 Å². The topological polar surface area (TPSA) is 138 Å². The van der Waals surface area contributed by atoms with Crippen LogP contribution in [0.25, 0.3) is 0 Å². The number of rotatable bonds is 8. The van der Waals surface area contributed by atoms with Crippen LogP contribution in [0.4, 0.5) is 42.0 Å². The van der Waals surface area contributed by atoms with Crippen LogP contribution < -0.4 is 26.0 Å². The lowest BCUT2D eigenvalue weighted by molar-refractivity contribution is -0.171. The van der Waals surface area contributed by atoms with Crippen molar-refractivity contribution in [2.24, 2.45) is 23.2 Å². The van der Waals surface area contributed by atoms with E-state index in [9.17, 15) is 27.9 Å². The van der Waals surface area contributed by atoms with Gasteiger partial charge in [0.2, 0.25) is 11.9 Å². The Labute approximate surface area is 258 Å². The molecule has 3 unspecified atom stereocenters. The molecule has 0 spiro atoms. The van der Waals surface area contributed by atoms with Crippen LogP contribution >= 0.6 is 0 Å². The van der Waals surface area contributed by atoms with Gasteiger partial charge in [-0.15, -0.1) is 0 Å². The number of nitrogens with one attached hydrogen (secondary N) is 4. The van der Waals surface area contributed by atoms with E-state index >= 15 is 0 Å². The molecule has 1 heterocycles. The lowest BCUT2D eigenvalue weighted by atomic mass is 9.48. The predicted octanol–water partition coefficient (Wildman–Crippen LogP) is 5.78. The molecule has 4 saturated carbocycles. The highest BCUT2D eigenvalue weighted by molar-refractivity contribution is 6.01. The number of hydrogen-bond donors (Lipinski definition) is 5. The van der Waals surface area contributed by atoms with Crippen molar-refractivity contribution in [1.82, 2.24) is 15.3 Å². The second-order valence-electron chi connectivity index (χ2n) is 12.4. The first-order valence-corrected chi connectivity index (χ1v) is 14.9. The van der Waals surface area contributed by atoms with Crippen molar-refractivity contribution in [3.8, 4) is 5.75 Å². The number of aliphatic hydroxyl groups is 1. The molecule has 4 aliphatic carbocycles. The third-order valence-electron chi connectivity index (χ3n) is 9.50. The average molecular weight is 625 g/mol. The van der Waals surface area contributed by atoms with Crippen LogP contribution in [0.1, 0.15) is 53.6 Å². The molecule has 1 aromatic heterocycles. The molecule has 2 aromatic carbocycles. The van der Waals surface area contributed by atoms with Crippen LogP contribution in [0.5, 0.6) is 5.75 Å². The van der Waals surface area contributed by atoms with E-state index < -0.39 is 35.0 Å². The maximum absolute atomic E-state index is 14.0. The first-order valence-electron chi connectivity index (χ1n) is 14.9. The molecule has 10 nitrogen and oxygen atoms in total. The minimum atomic E-state index is -4.78. The normalized spacial score (nSPS) is 25.0. The van der Waals surface area contributed by atoms with Crippen molar-refractivity contribution in [3.63, 3.8) is 0 Å². The summed E-state index contributed by atoms with van der Waals surface area (Å²) in [5, 5.41) is 22.2. The number of aromatic nitrogens is 2. The Morgan fingerprint density at radius 1 is 1.07 bits per heavy atom. The molecule has 3 atom stereocenters. The number of nitrogens with zero attached hydrogens (tertiary/aromatic N) is 2. The second-order valence-corrected chi connectivity index (χ2v) is 12.4. The Morgan fingerprint density at radius 3 is 2.47 bits per heavy atom. The first kappa shape index (κ1) is 30.6. The molecule has 238 valence electrons. The number of carbonyl (C=O) groups is 2. The van der Waals surface area contributed by atoms with E-state index in [2.05, 4.69) is 31.2 Å². The maximum Gasteiger partial charge on any atom is 0.421 e. The number of methoxy groups -OCH3 is 1. The van der Waals surface area contributed by atoms with Crippen molar-refractivity contribution in [2.75, 3.05) is 30.1 Å². The Bertz CT molecular complexity index is 1630. The number of anilines is 5. The average Bonchev–Trinajstić information content (AvgIpc) is 3.00. The smallest absolute Gasteiger partial charge is 0.421 e. The maximum atomic E-state index is 14.0. The molecule has 0 saturated heterocycles. The van der Waals surface area contributed by atoms with Gasteiger partial charge in [0.15, 0.2) is 0 Å². The molecular weight excluding hydrogens is 589 g/mol. The zero-order valence-corrected chi connectivity index (χ0v) is 25.1. The number of alkyl halides is 3. The number of aryl methyl sites for hydroxylation is 1. The second kappa shape index (κ2) is 11.5. The van der Waals surface area contributed by atoms with E-state index in [0.29, 0.717) is 47.8 Å². The van der Waals surface area contributed by atoms with Crippen LogP contribution in [-0.4, -0.2) is 47.2 Å². The monoisotopic (exact) mass is 624 g/mol. The van der Waals surface area contributed by atoms with Gasteiger partial charge in [-0.2, -0.15) is 18.2 Å². The molecule has 0 aliphatic heterocycles. The highest BCUT2D eigenvalue weighted by Gasteiger charge is 2.60. The number of ether oxygens (including phenoxy) is 1. The van der Waals surface area contributed by atoms with Crippen LogP contribution in [0.3, 0.4) is 0 Å². The van der Waals surface area contributed by atoms with Crippen LogP contribution in [0.2, 0.25) is 0 Å². The highest BCUT2D eigenvalue weighted by Crippen LogP contribution is 2.60. The first-order chi connectivity index (χ1) is 21.4. The fourth-order valence-corrected chi connectivity index (χ4v) is 7.60. The van der Waals surface area contributed by atoms with Gasteiger partial charge in [-0.3, -0.25) is 9.59 Å². The van der Waals surface area contributed by atoms with Gasteiger partial charge in [0.1, 0.15) is 17.1 Å². The van der Waals surface area contributed by atoms with Gasteiger partial charge in [0.05, 0.1) is 35.6 Å². The third-order valence-corrected chi connectivity index (χ3v) is 9.50. The van der Waals surface area contributed by atoms with E-state index in [1.54, 1.807) is 37.3 Å². The third kappa shape index (κ3) is 5.65. The van der Waals surface area contributed by atoms with E-state index in [4.69, 9.17) is 4.74 Å². The Morgan fingerprint density at radius 2 is 1.80 bits per heavy atom. The van der Waals surface area contributed by atoms with Gasteiger partial charge in [0.25, 0.3) is 5.91 Å². The van der Waals surface area contributed by atoms with Crippen LogP contribution in [0, 0.1) is 30.1 Å². The lowest BCUT2D eigenvalue weighted by Crippen LogP contribution is -2.60. The van der Waals surface area contributed by atoms with Crippen molar-refractivity contribution < 1.29 is 32.6 Å². The van der Waals surface area contributed by atoms with Crippen molar-refractivity contribution >= 4 is 40.6 Å². The molecule has 0 radical (unpaired) electrons. The van der Waals surface area contributed by atoms with Gasteiger partial charge in [-0.1, -0.05) is 12.1 Å². The molecule has 45 heavy (non-hydrogen) atoms. The molecule has 4 fully saturated rings. The quantitative estimate of drug-likeness (QED) is 0.213. The predicted molar refractivity (Wildman–Crippen MR) is 162 cm³/mol. The van der Waals surface area contributed by atoms with Gasteiger partial charge in [-0.25, -0.2) is 4.98 Å². The summed E-state index contributed by atoms with van der Waals surface area (Å²) < 4.78 is 47.4. The largest absolute Gasteiger partial charge is 0.494 e.